The van der Waals surface area contributed by atoms with Crippen molar-refractivity contribution >= 4 is 27.5 Å². The van der Waals surface area contributed by atoms with E-state index in [-0.39, 0.29) is 35.5 Å². The number of likely N-dealkylation sites (tertiary alicyclic amines) is 1. The second-order valence-electron chi connectivity index (χ2n) is 9.66. The summed E-state index contributed by atoms with van der Waals surface area (Å²) in [4.78, 5) is 18.8. The second-order valence-corrected chi connectivity index (χ2v) is 12.0. The average Bonchev–Trinajstić information content (AvgIpc) is 3.57. The van der Waals surface area contributed by atoms with Crippen molar-refractivity contribution in [2.45, 2.75) is 36.8 Å². The van der Waals surface area contributed by atoms with Crippen LogP contribution in [0.4, 0.5) is 4.39 Å². The van der Waals surface area contributed by atoms with Gasteiger partial charge in [0.05, 0.1) is 41.2 Å². The van der Waals surface area contributed by atoms with E-state index in [4.69, 9.17) is 21.1 Å². The summed E-state index contributed by atoms with van der Waals surface area (Å²) in [5.41, 5.74) is 1.14. The Kier molecular flexibility index (Phi) is 8.18. The molecule has 0 radical (unpaired) electrons. The van der Waals surface area contributed by atoms with Crippen LogP contribution in [0.1, 0.15) is 40.5 Å². The van der Waals surface area contributed by atoms with Crippen molar-refractivity contribution < 1.29 is 27.1 Å². The van der Waals surface area contributed by atoms with E-state index >= 15 is 0 Å². The van der Waals surface area contributed by atoms with E-state index < -0.39 is 34.0 Å². The molecule has 1 aromatic heterocycles. The molecule has 8 nitrogen and oxygen atoms in total. The van der Waals surface area contributed by atoms with Gasteiger partial charge in [0, 0.05) is 19.9 Å². The number of aromatic nitrogens is 1. The minimum absolute atomic E-state index is 0.0375. The van der Waals surface area contributed by atoms with Gasteiger partial charge in [0.2, 0.25) is 10.0 Å². The van der Waals surface area contributed by atoms with Crippen LogP contribution < -0.4 is 4.74 Å². The van der Waals surface area contributed by atoms with E-state index in [2.05, 4.69) is 4.98 Å². The van der Waals surface area contributed by atoms with Gasteiger partial charge in [-0.25, -0.2) is 12.8 Å². The Morgan fingerprint density at radius 2 is 1.90 bits per heavy atom. The van der Waals surface area contributed by atoms with Crippen LogP contribution in [0.5, 0.6) is 5.75 Å². The summed E-state index contributed by atoms with van der Waals surface area (Å²) >= 11 is 6.09. The first-order valence-corrected chi connectivity index (χ1v) is 14.7. The van der Waals surface area contributed by atoms with Crippen LogP contribution in [0.15, 0.2) is 66.9 Å². The maximum absolute atomic E-state index is 14.3. The normalized spacial score (nSPS) is 21.8. The van der Waals surface area contributed by atoms with E-state index in [1.807, 2.05) is 18.2 Å². The van der Waals surface area contributed by atoms with Crippen molar-refractivity contribution in [1.29, 1.82) is 0 Å². The summed E-state index contributed by atoms with van der Waals surface area (Å²) in [6, 6.07) is 16.3. The predicted octanol–water partition coefficient (Wildman–Crippen LogP) is 4.46. The van der Waals surface area contributed by atoms with Crippen molar-refractivity contribution in [3.05, 3.63) is 94.5 Å². The second kappa shape index (κ2) is 11.6. The van der Waals surface area contributed by atoms with Crippen LogP contribution in [-0.4, -0.2) is 67.5 Å². The Morgan fingerprint density at radius 1 is 1.10 bits per heavy atom. The number of hydrogen-bond acceptors (Lipinski definition) is 6. The standard InChI is InChI=1S/C28H29ClFN3O5S/c1-37-25-16-32(28(34)27-21(29)9-5-10-22(27)30)17-26(25)38-20-8-4-7-19(15-20)18-39(35,36)33-14-6-12-24(33)23-11-2-3-13-31-23/h2-5,7-11,13,15,24-26H,6,12,14,16-18H2,1H3. The van der Waals surface area contributed by atoms with Crippen molar-refractivity contribution in [2.75, 3.05) is 26.7 Å². The van der Waals surface area contributed by atoms with Gasteiger partial charge in [-0.05, 0) is 54.8 Å². The van der Waals surface area contributed by atoms with Gasteiger partial charge in [-0.15, -0.1) is 0 Å². The Hall–Kier alpha value is -3.05. The Balaban J connectivity index is 1.28. The summed E-state index contributed by atoms with van der Waals surface area (Å²) in [7, 11) is -2.10. The molecular weight excluding hydrogens is 545 g/mol. The fourth-order valence-corrected chi connectivity index (χ4v) is 7.25. The minimum atomic E-state index is -3.62. The molecule has 2 aromatic carbocycles. The molecule has 3 unspecified atom stereocenters. The summed E-state index contributed by atoms with van der Waals surface area (Å²) in [5.74, 6) is -0.958. The van der Waals surface area contributed by atoms with Crippen molar-refractivity contribution in [2.24, 2.45) is 0 Å². The smallest absolute Gasteiger partial charge is 0.258 e. The van der Waals surface area contributed by atoms with Crippen LogP contribution >= 0.6 is 11.6 Å². The van der Waals surface area contributed by atoms with Gasteiger partial charge in [0.1, 0.15) is 23.8 Å². The lowest BCUT2D eigenvalue weighted by molar-refractivity contribution is 0.0339. The maximum Gasteiger partial charge on any atom is 0.258 e. The summed E-state index contributed by atoms with van der Waals surface area (Å²) in [6.45, 7) is 0.805. The number of methoxy groups -OCH3 is 1. The third kappa shape index (κ3) is 5.94. The molecule has 2 aliphatic heterocycles. The molecule has 11 heteroatoms. The largest absolute Gasteiger partial charge is 0.486 e. The number of nitrogens with zero attached hydrogens (tertiary/aromatic N) is 3. The number of sulfonamides is 1. The lowest BCUT2D eigenvalue weighted by Gasteiger charge is -2.24. The van der Waals surface area contributed by atoms with Gasteiger partial charge in [-0.3, -0.25) is 9.78 Å². The number of rotatable bonds is 8. The fourth-order valence-electron chi connectivity index (χ4n) is 5.23. The minimum Gasteiger partial charge on any atom is -0.486 e. The molecule has 2 fully saturated rings. The molecule has 2 saturated heterocycles. The first-order valence-electron chi connectivity index (χ1n) is 12.7. The molecule has 0 N–H and O–H groups in total. The monoisotopic (exact) mass is 573 g/mol. The first-order chi connectivity index (χ1) is 18.8. The zero-order chi connectivity index (χ0) is 27.6. The SMILES string of the molecule is COC1CN(C(=O)c2c(F)cccc2Cl)CC1Oc1cccc(CS(=O)(=O)N2CCCC2c2ccccn2)c1. The molecule has 1 amide bonds. The Bertz CT molecular complexity index is 1420. The molecule has 3 aromatic rings. The van der Waals surface area contributed by atoms with Crippen molar-refractivity contribution in [3.63, 3.8) is 0 Å². The van der Waals surface area contributed by atoms with Crippen molar-refractivity contribution in [3.8, 4) is 5.75 Å². The van der Waals surface area contributed by atoms with Gasteiger partial charge < -0.3 is 14.4 Å². The summed E-state index contributed by atoms with van der Waals surface area (Å²) in [5, 5.41) is 0.0375. The number of benzene rings is 2. The summed E-state index contributed by atoms with van der Waals surface area (Å²) < 4.78 is 54.4. The van der Waals surface area contributed by atoms with Gasteiger partial charge in [0.25, 0.3) is 5.91 Å². The van der Waals surface area contributed by atoms with E-state index in [0.717, 1.165) is 18.5 Å². The molecule has 206 valence electrons. The van der Waals surface area contributed by atoms with E-state index in [9.17, 15) is 17.6 Å². The highest BCUT2D eigenvalue weighted by Gasteiger charge is 2.39. The lowest BCUT2D eigenvalue weighted by Crippen LogP contribution is -2.32. The molecule has 0 aliphatic carbocycles. The van der Waals surface area contributed by atoms with Crippen LogP contribution in [0, 0.1) is 5.82 Å². The van der Waals surface area contributed by atoms with E-state index in [1.165, 1.54) is 34.5 Å². The van der Waals surface area contributed by atoms with E-state index in [0.29, 0.717) is 17.9 Å². The zero-order valence-corrected chi connectivity index (χ0v) is 22.9. The highest BCUT2D eigenvalue weighted by molar-refractivity contribution is 7.88. The first kappa shape index (κ1) is 27.5. The molecule has 2 aliphatic rings. The highest BCUT2D eigenvalue weighted by atomic mass is 35.5. The number of halogens is 2. The number of carbonyl (C=O) groups excluding carboxylic acids is 1. The van der Waals surface area contributed by atoms with Crippen LogP contribution in [0.3, 0.4) is 0 Å². The molecule has 3 atom stereocenters. The molecule has 5 rings (SSSR count). The van der Waals surface area contributed by atoms with Crippen LogP contribution in [-0.2, 0) is 20.5 Å². The van der Waals surface area contributed by atoms with Crippen molar-refractivity contribution in [1.82, 2.24) is 14.2 Å². The molecular formula is C28H29ClFN3O5S. The predicted molar refractivity (Wildman–Crippen MR) is 145 cm³/mol. The molecule has 0 bridgehead atoms. The number of ether oxygens (including phenoxy) is 2. The quantitative estimate of drug-likeness (QED) is 0.395. The van der Waals surface area contributed by atoms with Crippen LogP contribution in [0.25, 0.3) is 0 Å². The van der Waals surface area contributed by atoms with Gasteiger partial charge >= 0.3 is 0 Å². The lowest BCUT2D eigenvalue weighted by atomic mass is 10.1. The number of hydrogen-bond donors (Lipinski definition) is 0. The number of pyridine rings is 1. The fraction of sp³-hybridized carbons (Fsp3) is 0.357. The average molecular weight is 574 g/mol. The number of amides is 1. The highest BCUT2D eigenvalue weighted by Crippen LogP contribution is 2.34. The Morgan fingerprint density at radius 3 is 2.64 bits per heavy atom. The third-order valence-corrected chi connectivity index (χ3v) is 9.27. The zero-order valence-electron chi connectivity index (χ0n) is 21.4. The maximum atomic E-state index is 14.3. The van der Waals surface area contributed by atoms with Gasteiger partial charge in [0.15, 0.2) is 0 Å². The van der Waals surface area contributed by atoms with Crippen LogP contribution in [0.2, 0.25) is 5.02 Å². The molecule has 0 spiro atoms. The van der Waals surface area contributed by atoms with Gasteiger partial charge in [-0.2, -0.15) is 4.31 Å². The topological polar surface area (TPSA) is 89.0 Å². The molecule has 39 heavy (non-hydrogen) atoms. The third-order valence-electron chi connectivity index (χ3n) is 7.11. The Labute approximate surface area is 232 Å². The van der Waals surface area contributed by atoms with E-state index in [1.54, 1.807) is 30.5 Å². The number of carbonyl (C=O) groups is 1. The summed E-state index contributed by atoms with van der Waals surface area (Å²) in [6.07, 6.45) is 2.18. The molecule has 3 heterocycles. The molecule has 0 saturated carbocycles. The van der Waals surface area contributed by atoms with Gasteiger partial charge in [-0.1, -0.05) is 35.9 Å².